The van der Waals surface area contributed by atoms with Gasteiger partial charge >= 0.3 is 125 Å². The molecule has 0 spiro atoms. The largest absolute Gasteiger partial charge is 2.00 e. The van der Waals surface area contributed by atoms with E-state index in [0.29, 0.717) is 0 Å². The first-order valence-corrected chi connectivity index (χ1v) is 1.91. The summed E-state index contributed by atoms with van der Waals surface area (Å²) in [6.45, 7) is 0. The fourth-order valence-corrected chi connectivity index (χ4v) is 0. The van der Waals surface area contributed by atoms with E-state index in [1.165, 1.54) is 0 Å². The molecule has 0 aliphatic carbocycles. The molecular weight excluding hydrogens is 388 g/mol. The van der Waals surface area contributed by atoms with Gasteiger partial charge in [-0.1, -0.05) is 0 Å². The Morgan fingerprint density at radius 3 is 1.29 bits per heavy atom. The minimum Gasteiger partial charge on any atom is 2.00 e. The molecule has 0 unspecified atom stereocenters. The monoisotopic (exact) mass is 389 g/mol. The van der Waals surface area contributed by atoms with Crippen molar-refractivity contribution in [3.8, 4) is 0 Å². The quantitative estimate of drug-likeness (QED) is 0.419. The Labute approximate surface area is 121 Å². The molecule has 0 aromatic carbocycles. The maximum absolute atomic E-state index is 8.52. The van der Waals surface area contributed by atoms with Crippen molar-refractivity contribution < 1.29 is 79.1 Å². The van der Waals surface area contributed by atoms with Gasteiger partial charge in [-0.25, -0.2) is 0 Å². The van der Waals surface area contributed by atoms with E-state index in [9.17, 15) is 0 Å². The van der Waals surface area contributed by atoms with Gasteiger partial charge in [-0.3, -0.25) is 0 Å². The van der Waals surface area contributed by atoms with Crippen LogP contribution in [0, 0.1) is 35.6 Å². The first kappa shape index (κ1) is 22.4. The van der Waals surface area contributed by atoms with Gasteiger partial charge < -0.3 is 0 Å². The van der Waals surface area contributed by atoms with Crippen LogP contribution in [-0.2, 0) is 35.1 Å². The molecule has 7 heavy (non-hydrogen) atoms. The van der Waals surface area contributed by atoms with E-state index in [0.717, 1.165) is 0 Å². The fourth-order valence-electron chi connectivity index (χ4n) is 0. The first-order valence-electron chi connectivity index (χ1n) is 0.463. The van der Waals surface area contributed by atoms with E-state index in [-0.39, 0.29) is 97.9 Å². The Kier molecular flexibility index (Phi) is 51.9. The average molecular weight is 388 g/mol. The molecule has 0 rings (SSSR count). The van der Waals surface area contributed by atoms with E-state index >= 15 is 0 Å². The van der Waals surface area contributed by atoms with Gasteiger partial charge in [0.25, 0.3) is 0 Å². The average Bonchev–Trinajstić information content (AvgIpc) is 0.811. The molecule has 0 saturated heterocycles. The van der Waals surface area contributed by atoms with Crippen molar-refractivity contribution in [3.05, 3.63) is 0 Å². The fraction of sp³-hybridized carbons (Fsp3) is 0. The summed E-state index contributed by atoms with van der Waals surface area (Å²) in [7, 11) is 0. The van der Waals surface area contributed by atoms with Crippen molar-refractivity contribution in [3.63, 3.8) is 0 Å². The van der Waals surface area contributed by atoms with Crippen LogP contribution < -0.4 is 8.38 Å². The third-order valence-electron chi connectivity index (χ3n) is 0. The van der Waals surface area contributed by atoms with Gasteiger partial charge in [0, 0.05) is 0 Å². The van der Waals surface area contributed by atoms with E-state index < -0.39 is 14.5 Å². The summed E-state index contributed by atoms with van der Waals surface area (Å²) in [4.78, 5) is 0. The molecule has 0 amide bonds. The summed E-state index contributed by atoms with van der Waals surface area (Å²) in [5.41, 5.74) is 0. The van der Waals surface area contributed by atoms with E-state index in [4.69, 9.17) is 12.2 Å². The molecule has 0 N–H and O–H groups in total. The standard InChI is InChI=1S/Co.La.Mn.3O.Sr/q+2;+3;;;2*-1;+2. The van der Waals surface area contributed by atoms with Crippen LogP contribution in [-0.4, -0.2) is 45.5 Å². The van der Waals surface area contributed by atoms with Gasteiger partial charge in [-0.2, -0.15) is 0 Å². The maximum atomic E-state index is 8.52. The summed E-state index contributed by atoms with van der Waals surface area (Å²) in [6, 6.07) is 0. The molecule has 3 nitrogen and oxygen atoms in total. The summed E-state index contributed by atoms with van der Waals surface area (Å²) in [5, 5.41) is 0. The molecule has 0 heterocycles. The molecular formula is CoLaMnO3Sr+5. The van der Waals surface area contributed by atoms with Gasteiger partial charge in [0.2, 0.25) is 0 Å². The predicted octanol–water partition coefficient (Wildman–Crippen LogP) is -2.88. The van der Waals surface area contributed by atoms with Gasteiger partial charge in [0.05, 0.1) is 0 Å². The van der Waals surface area contributed by atoms with E-state index in [1.807, 2.05) is 0 Å². The topological polar surface area (TPSA) is 63.2 Å². The molecule has 0 saturated carbocycles. The van der Waals surface area contributed by atoms with Crippen LogP contribution in [0.5, 0.6) is 0 Å². The summed E-state index contributed by atoms with van der Waals surface area (Å²) < 4.78 is 25.6. The molecule has 0 fully saturated rings. The Balaban J connectivity index is -0.0000000150. The number of hydrogen-bond donors (Lipinski definition) is 0. The van der Waals surface area contributed by atoms with Crippen molar-refractivity contribution in [2.45, 2.75) is 0 Å². The number of rotatable bonds is 0. The smallest absolute Gasteiger partial charge is 2.00 e. The Bertz CT molecular complexity index is 37.9. The van der Waals surface area contributed by atoms with Gasteiger partial charge in [0.15, 0.2) is 0 Å². The van der Waals surface area contributed by atoms with Crippen LogP contribution in [0.1, 0.15) is 0 Å². The van der Waals surface area contributed by atoms with Crippen LogP contribution in [0.15, 0.2) is 0 Å². The molecule has 0 atom stereocenters. The van der Waals surface area contributed by atoms with Gasteiger partial charge in [-0.15, -0.1) is 0 Å². The zero-order valence-corrected chi connectivity index (χ0v) is 12.5. The zero-order chi connectivity index (χ0) is 3.58. The Morgan fingerprint density at radius 1 is 1.29 bits per heavy atom. The van der Waals surface area contributed by atoms with Gasteiger partial charge in [-0.05, 0) is 0 Å². The molecule has 7 heteroatoms. The predicted molar refractivity (Wildman–Crippen MR) is 6.44 cm³/mol. The number of hydrogen-bond acceptors (Lipinski definition) is 3. The van der Waals surface area contributed by atoms with Crippen LogP contribution in [0.4, 0.5) is 0 Å². The maximum Gasteiger partial charge on any atom is 2.00 e. The second-order valence-corrected chi connectivity index (χ2v) is 0.779. The summed E-state index contributed by atoms with van der Waals surface area (Å²) >= 11 is -3.65. The second-order valence-electron chi connectivity index (χ2n) is 0.189. The van der Waals surface area contributed by atoms with Gasteiger partial charge in [0.1, 0.15) is 0 Å². The van der Waals surface area contributed by atoms with E-state index in [2.05, 4.69) is 0 Å². The molecule has 1 radical (unpaired) electrons. The van der Waals surface area contributed by atoms with Crippen LogP contribution in [0.3, 0.4) is 0 Å². The van der Waals surface area contributed by atoms with Crippen LogP contribution >= 0.6 is 0 Å². The Hall–Kier alpha value is 3.42. The van der Waals surface area contributed by atoms with Crippen molar-refractivity contribution in [1.29, 1.82) is 0 Å². The second kappa shape index (κ2) is 16.2. The summed E-state index contributed by atoms with van der Waals surface area (Å²) in [6.07, 6.45) is 0. The molecule has 0 aliphatic rings. The molecule has 34 valence electrons. The van der Waals surface area contributed by atoms with Crippen LogP contribution in [0.25, 0.3) is 0 Å². The van der Waals surface area contributed by atoms with Crippen molar-refractivity contribution in [1.82, 2.24) is 0 Å². The van der Waals surface area contributed by atoms with E-state index in [1.54, 1.807) is 0 Å². The third kappa shape index (κ3) is 44.3. The zero-order valence-electron chi connectivity index (χ0n) is 3.22. The normalized spacial score (nSPS) is 5.00. The minimum atomic E-state index is -3.65. The SMILES string of the molecule is [Co+2].[La+3].[O]=[Mn]([O-])[O-].[Sr+2]. The molecule has 0 aromatic rings. The van der Waals surface area contributed by atoms with Crippen molar-refractivity contribution in [2.75, 3.05) is 0 Å². The molecule has 0 aromatic heterocycles. The van der Waals surface area contributed by atoms with Crippen molar-refractivity contribution in [2.24, 2.45) is 0 Å². The van der Waals surface area contributed by atoms with Crippen LogP contribution in [0.2, 0.25) is 0 Å². The summed E-state index contributed by atoms with van der Waals surface area (Å²) in [5.74, 6) is 0. The molecule has 0 bridgehead atoms. The third-order valence-corrected chi connectivity index (χ3v) is 0. The first-order chi connectivity index (χ1) is 1.73. The minimum absolute atomic E-state index is 0. The molecule has 0 aliphatic heterocycles. The Morgan fingerprint density at radius 2 is 1.29 bits per heavy atom. The van der Waals surface area contributed by atoms with Crippen molar-refractivity contribution >= 4 is 45.5 Å².